The number of urea groups is 1. The number of hydrogen-bond acceptors (Lipinski definition) is 5. The summed E-state index contributed by atoms with van der Waals surface area (Å²) in [5.41, 5.74) is 0. The van der Waals surface area contributed by atoms with Gasteiger partial charge < -0.3 is 15.2 Å². The number of carboxylic acids is 1. The van der Waals surface area contributed by atoms with Crippen molar-refractivity contribution < 1.29 is 24.2 Å². The topological polar surface area (TPSA) is 105 Å². The highest BCUT2D eigenvalue weighted by atomic mass is 32.1. The Labute approximate surface area is 119 Å². The number of ether oxygens (including phenoxy) is 1. The molecule has 0 fully saturated rings. The number of hydrogen-bond donors (Lipinski definition) is 3. The number of imide groups is 1. The van der Waals surface area contributed by atoms with Crippen molar-refractivity contribution in [2.75, 3.05) is 7.05 Å². The van der Waals surface area contributed by atoms with Crippen molar-refractivity contribution in [2.24, 2.45) is 0 Å². The van der Waals surface area contributed by atoms with Crippen LogP contribution in [0.1, 0.15) is 28.4 Å². The average Bonchev–Trinajstić information content (AvgIpc) is 2.81. The molecule has 7 nitrogen and oxygen atoms in total. The zero-order valence-corrected chi connectivity index (χ0v) is 12.2. The van der Waals surface area contributed by atoms with Crippen LogP contribution in [0.4, 0.5) is 4.79 Å². The molecule has 0 aliphatic carbocycles. The summed E-state index contributed by atoms with van der Waals surface area (Å²) in [7, 11) is 1.38. The summed E-state index contributed by atoms with van der Waals surface area (Å²) in [4.78, 5) is 34.6. The molecule has 0 bridgehead atoms. The lowest BCUT2D eigenvalue weighted by Crippen LogP contribution is -2.44. The Morgan fingerprint density at radius 2 is 2.10 bits per heavy atom. The van der Waals surface area contributed by atoms with Crippen LogP contribution in [0.15, 0.2) is 6.07 Å². The third-order valence-electron chi connectivity index (χ3n) is 2.43. The lowest BCUT2D eigenvalue weighted by Gasteiger charge is -2.13. The van der Waals surface area contributed by atoms with Gasteiger partial charge in [0, 0.05) is 11.9 Å². The number of aryl methyl sites for hydroxylation is 1. The van der Waals surface area contributed by atoms with Crippen LogP contribution in [0.2, 0.25) is 0 Å². The van der Waals surface area contributed by atoms with Crippen LogP contribution in [0.5, 0.6) is 5.75 Å². The first-order chi connectivity index (χ1) is 9.38. The first-order valence-electron chi connectivity index (χ1n) is 5.94. The van der Waals surface area contributed by atoms with Crippen LogP contribution < -0.4 is 15.4 Å². The van der Waals surface area contributed by atoms with Crippen LogP contribution in [0.25, 0.3) is 0 Å². The molecule has 3 N–H and O–H groups in total. The fourth-order valence-electron chi connectivity index (χ4n) is 1.35. The first kappa shape index (κ1) is 16.0. The van der Waals surface area contributed by atoms with Crippen LogP contribution in [-0.4, -0.2) is 36.2 Å². The van der Waals surface area contributed by atoms with E-state index in [1.165, 1.54) is 14.0 Å². The highest BCUT2D eigenvalue weighted by Gasteiger charge is 2.22. The van der Waals surface area contributed by atoms with Crippen LogP contribution in [0.3, 0.4) is 0 Å². The average molecular weight is 300 g/mol. The molecule has 0 saturated carbocycles. The minimum absolute atomic E-state index is 0.0430. The largest absolute Gasteiger partial charge is 0.479 e. The monoisotopic (exact) mass is 300 g/mol. The second-order valence-corrected chi connectivity index (χ2v) is 5.03. The minimum atomic E-state index is -1.11. The zero-order chi connectivity index (χ0) is 15.3. The van der Waals surface area contributed by atoms with Crippen LogP contribution >= 0.6 is 11.3 Å². The number of carbonyl (C=O) groups is 3. The fourth-order valence-corrected chi connectivity index (χ4v) is 2.22. The molecule has 3 amide bonds. The highest BCUT2D eigenvalue weighted by Crippen LogP contribution is 2.30. The lowest BCUT2D eigenvalue weighted by atomic mass is 10.3. The first-order valence-corrected chi connectivity index (χ1v) is 6.75. The van der Waals surface area contributed by atoms with E-state index in [1.54, 1.807) is 6.07 Å². The Kier molecular flexibility index (Phi) is 5.51. The molecule has 0 aliphatic heterocycles. The Bertz CT molecular complexity index is 526. The summed E-state index contributed by atoms with van der Waals surface area (Å²) < 4.78 is 5.33. The molecule has 110 valence electrons. The van der Waals surface area contributed by atoms with E-state index in [2.05, 4.69) is 10.6 Å². The smallest absolute Gasteiger partial charge is 0.349 e. The standard InChI is InChI=1S/C12H16N2O5S/c1-4-7-5-8(9(20-7)11(16)17)19-6(2)10(15)14-12(18)13-3/h5-6H,4H2,1-3H3,(H,16,17)(H2,13,14,15,18). The lowest BCUT2D eigenvalue weighted by molar-refractivity contribution is -0.126. The summed E-state index contributed by atoms with van der Waals surface area (Å²) in [5.74, 6) is -1.62. The van der Waals surface area contributed by atoms with Crippen molar-refractivity contribution >= 4 is 29.2 Å². The number of thiophene rings is 1. The molecular formula is C12H16N2O5S. The van der Waals surface area contributed by atoms with Gasteiger partial charge in [0.05, 0.1) is 0 Å². The maximum absolute atomic E-state index is 11.6. The Morgan fingerprint density at radius 1 is 1.45 bits per heavy atom. The van der Waals surface area contributed by atoms with Gasteiger partial charge in [-0.25, -0.2) is 9.59 Å². The summed E-state index contributed by atoms with van der Waals surface area (Å²) in [6.45, 7) is 3.33. The summed E-state index contributed by atoms with van der Waals surface area (Å²) >= 11 is 1.10. The maximum atomic E-state index is 11.6. The summed E-state index contributed by atoms with van der Waals surface area (Å²) in [6, 6.07) is 0.945. The van der Waals surface area contributed by atoms with E-state index in [-0.39, 0.29) is 10.6 Å². The SMILES string of the molecule is CCc1cc(OC(C)C(=O)NC(=O)NC)c(C(=O)O)s1. The van der Waals surface area contributed by atoms with Gasteiger partial charge >= 0.3 is 12.0 Å². The van der Waals surface area contributed by atoms with Gasteiger partial charge in [-0.15, -0.1) is 11.3 Å². The predicted octanol–water partition coefficient (Wildman–Crippen LogP) is 1.23. The molecule has 1 rings (SSSR count). The molecule has 1 atom stereocenters. The molecule has 1 heterocycles. The van der Waals surface area contributed by atoms with Crippen molar-refractivity contribution in [3.63, 3.8) is 0 Å². The van der Waals surface area contributed by atoms with Gasteiger partial charge in [0.15, 0.2) is 11.0 Å². The van der Waals surface area contributed by atoms with Crippen LogP contribution in [-0.2, 0) is 11.2 Å². The Hall–Kier alpha value is -2.09. The second kappa shape index (κ2) is 6.90. The molecule has 1 unspecified atom stereocenters. The summed E-state index contributed by atoms with van der Waals surface area (Å²) in [5, 5.41) is 13.4. The van der Waals surface area contributed by atoms with Gasteiger partial charge in [-0.2, -0.15) is 0 Å². The van der Waals surface area contributed by atoms with E-state index in [0.29, 0.717) is 6.42 Å². The Morgan fingerprint density at radius 3 is 2.60 bits per heavy atom. The number of amides is 3. The number of carboxylic acid groups (broad SMARTS) is 1. The van der Waals surface area contributed by atoms with Gasteiger partial charge in [-0.3, -0.25) is 10.1 Å². The number of rotatable bonds is 5. The molecule has 0 saturated heterocycles. The zero-order valence-electron chi connectivity index (χ0n) is 11.4. The van der Waals surface area contributed by atoms with Crippen molar-refractivity contribution in [1.82, 2.24) is 10.6 Å². The predicted molar refractivity (Wildman–Crippen MR) is 73.3 cm³/mol. The molecule has 0 aliphatic rings. The molecule has 0 radical (unpaired) electrons. The molecule has 20 heavy (non-hydrogen) atoms. The van der Waals surface area contributed by atoms with Crippen molar-refractivity contribution in [2.45, 2.75) is 26.4 Å². The quantitative estimate of drug-likeness (QED) is 0.758. The van der Waals surface area contributed by atoms with Crippen molar-refractivity contribution in [3.8, 4) is 5.75 Å². The fraction of sp³-hybridized carbons (Fsp3) is 0.417. The van der Waals surface area contributed by atoms with E-state index in [4.69, 9.17) is 9.84 Å². The molecule has 0 aromatic carbocycles. The van der Waals surface area contributed by atoms with Crippen molar-refractivity contribution in [1.29, 1.82) is 0 Å². The van der Waals surface area contributed by atoms with Gasteiger partial charge in [0.25, 0.3) is 5.91 Å². The number of aromatic carboxylic acids is 1. The molecular weight excluding hydrogens is 284 g/mol. The maximum Gasteiger partial charge on any atom is 0.349 e. The highest BCUT2D eigenvalue weighted by molar-refractivity contribution is 7.14. The van der Waals surface area contributed by atoms with Gasteiger partial charge in [-0.1, -0.05) is 6.92 Å². The van der Waals surface area contributed by atoms with E-state index in [0.717, 1.165) is 16.2 Å². The molecule has 8 heteroatoms. The van der Waals surface area contributed by atoms with E-state index >= 15 is 0 Å². The number of carbonyl (C=O) groups excluding carboxylic acids is 2. The minimum Gasteiger partial charge on any atom is -0.479 e. The molecule has 0 spiro atoms. The number of nitrogens with one attached hydrogen (secondary N) is 2. The normalized spacial score (nSPS) is 11.6. The Balaban J connectivity index is 2.81. The van der Waals surface area contributed by atoms with E-state index in [9.17, 15) is 14.4 Å². The third-order valence-corrected chi connectivity index (χ3v) is 3.68. The molecule has 1 aromatic rings. The van der Waals surface area contributed by atoms with Gasteiger partial charge in [0.2, 0.25) is 0 Å². The van der Waals surface area contributed by atoms with Gasteiger partial charge in [-0.05, 0) is 19.4 Å². The van der Waals surface area contributed by atoms with Gasteiger partial charge in [0.1, 0.15) is 5.75 Å². The van der Waals surface area contributed by atoms with Crippen molar-refractivity contribution in [3.05, 3.63) is 15.8 Å². The van der Waals surface area contributed by atoms with E-state index < -0.39 is 24.0 Å². The molecule has 1 aromatic heterocycles. The third kappa shape index (κ3) is 3.95. The van der Waals surface area contributed by atoms with E-state index in [1.807, 2.05) is 6.92 Å². The second-order valence-electron chi connectivity index (χ2n) is 3.89. The summed E-state index contributed by atoms with van der Waals surface area (Å²) in [6.07, 6.45) is -0.308. The van der Waals surface area contributed by atoms with Crippen LogP contribution in [0, 0.1) is 0 Å².